The lowest BCUT2D eigenvalue weighted by molar-refractivity contribution is -0.138. The number of nitrogens with zero attached hydrogens (tertiary/aromatic N) is 2. The Hall–Kier alpha value is -3.02. The number of carbonyl (C=O) groups is 1. The number of aromatic amines is 1. The van der Waals surface area contributed by atoms with Gasteiger partial charge in [-0.3, -0.25) is 4.90 Å². The Balaban J connectivity index is 1.46. The van der Waals surface area contributed by atoms with Crippen molar-refractivity contribution in [2.75, 3.05) is 44.7 Å². The van der Waals surface area contributed by atoms with Gasteiger partial charge in [-0.15, -0.1) is 0 Å². The smallest absolute Gasteiger partial charge is 0.420 e. The number of ether oxygens (including phenoxy) is 2. The maximum absolute atomic E-state index is 13.7. The fraction of sp³-hybridized carbons (Fsp3) is 0.333. The van der Waals surface area contributed by atoms with Crippen LogP contribution in [0.3, 0.4) is 0 Å². The Kier molecular flexibility index (Phi) is 6.91. The van der Waals surface area contributed by atoms with Crippen molar-refractivity contribution >= 4 is 34.4 Å². The lowest BCUT2D eigenvalue weighted by Crippen LogP contribution is -2.42. The fourth-order valence-electron chi connectivity index (χ4n) is 3.44. The van der Waals surface area contributed by atoms with Crippen LogP contribution in [-0.4, -0.2) is 60.3 Å². The fourth-order valence-corrected chi connectivity index (χ4v) is 3.67. The number of morpholine rings is 1. The number of alkyl halides is 3. The molecular weight excluding hydrogens is 463 g/mol. The van der Waals surface area contributed by atoms with Crippen molar-refractivity contribution in [3.8, 4) is 11.5 Å². The van der Waals surface area contributed by atoms with E-state index in [9.17, 15) is 18.0 Å². The molecule has 0 saturated carbocycles. The number of H-pyrrole nitrogens is 1. The largest absolute Gasteiger partial charge is 0.456 e. The van der Waals surface area contributed by atoms with Crippen LogP contribution in [0.5, 0.6) is 11.5 Å². The molecule has 1 aliphatic heterocycles. The quantitative estimate of drug-likeness (QED) is 0.481. The minimum Gasteiger partial charge on any atom is -0.456 e. The average Bonchev–Trinajstić information content (AvgIpc) is 3.17. The van der Waals surface area contributed by atoms with E-state index in [1.165, 1.54) is 24.5 Å². The third-order valence-electron chi connectivity index (χ3n) is 5.07. The van der Waals surface area contributed by atoms with E-state index in [4.69, 9.17) is 21.1 Å². The Morgan fingerprint density at radius 2 is 2.03 bits per heavy atom. The van der Waals surface area contributed by atoms with Crippen LogP contribution in [0.4, 0.5) is 23.7 Å². The second kappa shape index (κ2) is 9.86. The van der Waals surface area contributed by atoms with Crippen molar-refractivity contribution in [2.24, 2.45) is 0 Å². The summed E-state index contributed by atoms with van der Waals surface area (Å²) in [5, 5.41) is 5.72. The third-order valence-corrected chi connectivity index (χ3v) is 5.37. The number of rotatable bonds is 6. The van der Waals surface area contributed by atoms with Crippen molar-refractivity contribution in [3.05, 3.63) is 47.2 Å². The van der Waals surface area contributed by atoms with Gasteiger partial charge in [-0.25, -0.2) is 9.78 Å². The van der Waals surface area contributed by atoms with Gasteiger partial charge in [-0.1, -0.05) is 11.6 Å². The number of hydrogen-bond donors (Lipinski definition) is 3. The molecule has 2 amide bonds. The van der Waals surface area contributed by atoms with Gasteiger partial charge < -0.3 is 25.1 Å². The summed E-state index contributed by atoms with van der Waals surface area (Å²) in [6.45, 7) is 3.81. The SMILES string of the molecule is O=C(NCCN1CCOCC1)Nc1ccc(Oc2ccnc3[nH]cc(Cl)c23)c(C(F)(F)F)c1. The highest BCUT2D eigenvalue weighted by atomic mass is 35.5. The number of aromatic nitrogens is 2. The Bertz CT molecular complexity index is 1130. The Labute approximate surface area is 192 Å². The molecule has 1 aromatic carbocycles. The first-order chi connectivity index (χ1) is 15.8. The van der Waals surface area contributed by atoms with Crippen LogP contribution < -0.4 is 15.4 Å². The number of anilines is 1. The molecule has 33 heavy (non-hydrogen) atoms. The number of halogens is 4. The molecule has 0 unspecified atom stereocenters. The van der Waals surface area contributed by atoms with E-state index in [0.717, 1.165) is 25.2 Å². The van der Waals surface area contributed by atoms with Gasteiger partial charge in [0, 0.05) is 44.3 Å². The number of hydrogen-bond acceptors (Lipinski definition) is 5. The number of fused-ring (bicyclic) bond motifs is 1. The monoisotopic (exact) mass is 483 g/mol. The Morgan fingerprint density at radius 3 is 2.79 bits per heavy atom. The van der Waals surface area contributed by atoms with E-state index < -0.39 is 23.5 Å². The predicted molar refractivity (Wildman–Crippen MR) is 117 cm³/mol. The lowest BCUT2D eigenvalue weighted by atomic mass is 10.1. The van der Waals surface area contributed by atoms with Crippen molar-refractivity contribution < 1.29 is 27.4 Å². The van der Waals surface area contributed by atoms with Crippen LogP contribution in [0.1, 0.15) is 5.56 Å². The van der Waals surface area contributed by atoms with Gasteiger partial charge in [0.15, 0.2) is 0 Å². The van der Waals surface area contributed by atoms with Crippen LogP contribution in [0.2, 0.25) is 5.02 Å². The molecule has 1 fully saturated rings. The zero-order valence-electron chi connectivity index (χ0n) is 17.3. The molecule has 8 nitrogen and oxygen atoms in total. The lowest BCUT2D eigenvalue weighted by Gasteiger charge is -2.26. The number of nitrogens with one attached hydrogen (secondary N) is 3. The van der Waals surface area contributed by atoms with Gasteiger partial charge >= 0.3 is 12.2 Å². The molecule has 0 radical (unpaired) electrons. The first kappa shape index (κ1) is 23.1. The van der Waals surface area contributed by atoms with Gasteiger partial charge in [0.2, 0.25) is 0 Å². The maximum atomic E-state index is 13.7. The third kappa shape index (κ3) is 5.67. The van der Waals surface area contributed by atoms with E-state index >= 15 is 0 Å². The molecule has 2 aromatic heterocycles. The molecule has 4 rings (SSSR count). The highest BCUT2D eigenvalue weighted by molar-refractivity contribution is 6.36. The van der Waals surface area contributed by atoms with E-state index in [0.29, 0.717) is 37.3 Å². The van der Waals surface area contributed by atoms with E-state index in [1.54, 1.807) is 0 Å². The molecule has 1 saturated heterocycles. The van der Waals surface area contributed by atoms with Gasteiger partial charge in [-0.2, -0.15) is 13.2 Å². The van der Waals surface area contributed by atoms with Crippen molar-refractivity contribution in [2.45, 2.75) is 6.18 Å². The van der Waals surface area contributed by atoms with Crippen molar-refractivity contribution in [3.63, 3.8) is 0 Å². The summed E-state index contributed by atoms with van der Waals surface area (Å²) in [6.07, 6.45) is -1.84. The summed E-state index contributed by atoms with van der Waals surface area (Å²) in [7, 11) is 0. The van der Waals surface area contributed by atoms with Gasteiger partial charge in [0.05, 0.1) is 23.6 Å². The zero-order chi connectivity index (χ0) is 23.4. The van der Waals surface area contributed by atoms with E-state index in [1.807, 2.05) is 0 Å². The number of amides is 2. The highest BCUT2D eigenvalue weighted by Crippen LogP contribution is 2.41. The summed E-state index contributed by atoms with van der Waals surface area (Å²) in [6, 6.07) is 4.15. The Morgan fingerprint density at radius 1 is 1.24 bits per heavy atom. The zero-order valence-corrected chi connectivity index (χ0v) is 18.1. The number of benzene rings is 1. The number of pyridine rings is 1. The predicted octanol–water partition coefficient (Wildman–Crippen LogP) is 4.48. The normalized spacial score (nSPS) is 14.9. The molecule has 176 valence electrons. The first-order valence-electron chi connectivity index (χ1n) is 10.2. The molecular formula is C21H21ClF3N5O3. The van der Waals surface area contributed by atoms with Gasteiger partial charge in [0.1, 0.15) is 22.7 Å². The van der Waals surface area contributed by atoms with Crippen LogP contribution in [0.15, 0.2) is 36.7 Å². The number of urea groups is 1. The van der Waals surface area contributed by atoms with Crippen LogP contribution in [0.25, 0.3) is 11.0 Å². The van der Waals surface area contributed by atoms with Crippen molar-refractivity contribution in [1.82, 2.24) is 20.2 Å². The summed E-state index contributed by atoms with van der Waals surface area (Å²) >= 11 is 6.11. The molecule has 12 heteroatoms. The highest BCUT2D eigenvalue weighted by Gasteiger charge is 2.35. The average molecular weight is 484 g/mol. The minimum atomic E-state index is -4.71. The van der Waals surface area contributed by atoms with E-state index in [-0.39, 0.29) is 16.5 Å². The standard InChI is InChI=1S/C21H21ClF3N5O3/c22-15-12-28-19-18(15)17(3-4-26-19)33-16-2-1-13(11-14(16)21(23,24)25)29-20(31)27-5-6-30-7-9-32-10-8-30/h1-4,11-12H,5-10H2,(H,26,28)(H2,27,29,31). The molecule has 1 aliphatic rings. The molecule has 0 bridgehead atoms. The molecule has 0 atom stereocenters. The molecule has 0 aliphatic carbocycles. The van der Waals surface area contributed by atoms with Crippen LogP contribution >= 0.6 is 11.6 Å². The van der Waals surface area contributed by atoms with Crippen LogP contribution in [-0.2, 0) is 10.9 Å². The summed E-state index contributed by atoms with van der Waals surface area (Å²) in [5.41, 5.74) is -0.665. The number of carbonyl (C=O) groups excluding carboxylic acids is 1. The second-order valence-corrected chi connectivity index (χ2v) is 7.72. The molecule has 3 N–H and O–H groups in total. The summed E-state index contributed by atoms with van der Waals surface area (Å²) < 4.78 is 52.1. The van der Waals surface area contributed by atoms with Crippen LogP contribution in [0, 0.1) is 0 Å². The van der Waals surface area contributed by atoms with Gasteiger partial charge in [0.25, 0.3) is 0 Å². The summed E-state index contributed by atoms with van der Waals surface area (Å²) in [5.74, 6) is -0.302. The molecule has 0 spiro atoms. The summed E-state index contributed by atoms with van der Waals surface area (Å²) in [4.78, 5) is 21.2. The maximum Gasteiger partial charge on any atom is 0.420 e. The minimum absolute atomic E-state index is 0.0156. The molecule has 3 heterocycles. The van der Waals surface area contributed by atoms with E-state index in [2.05, 4.69) is 25.5 Å². The van der Waals surface area contributed by atoms with Crippen molar-refractivity contribution in [1.29, 1.82) is 0 Å². The topological polar surface area (TPSA) is 91.5 Å². The molecule has 3 aromatic rings. The van der Waals surface area contributed by atoms with Gasteiger partial charge in [-0.05, 0) is 24.3 Å². The first-order valence-corrected chi connectivity index (χ1v) is 10.5. The second-order valence-electron chi connectivity index (χ2n) is 7.31.